The van der Waals surface area contributed by atoms with Crippen LogP contribution in [0, 0.1) is 0 Å². The Bertz CT molecular complexity index is 571. The molecule has 0 atom stereocenters. The van der Waals surface area contributed by atoms with E-state index in [0.29, 0.717) is 24.3 Å². The van der Waals surface area contributed by atoms with E-state index in [9.17, 15) is 4.79 Å². The van der Waals surface area contributed by atoms with Crippen LogP contribution < -0.4 is 5.73 Å². The quantitative estimate of drug-likeness (QED) is 0.715. The number of aliphatic hydroxyl groups is 1. The number of hydrogen-bond acceptors (Lipinski definition) is 3. The Kier molecular flexibility index (Phi) is 4.06. The number of rotatable bonds is 5. The zero-order valence-electron chi connectivity index (χ0n) is 11.0. The van der Waals surface area contributed by atoms with Gasteiger partial charge < -0.3 is 20.7 Å². The van der Waals surface area contributed by atoms with Crippen LogP contribution in [0.15, 0.2) is 24.4 Å². The average Bonchev–Trinajstić information content (AvgIpc) is 2.80. The van der Waals surface area contributed by atoms with Gasteiger partial charge in [-0.15, -0.1) is 0 Å². The summed E-state index contributed by atoms with van der Waals surface area (Å²) in [5, 5.41) is 9.90. The number of nitrogen functional groups attached to an aromatic ring is 1. The molecule has 2 aromatic rings. The van der Waals surface area contributed by atoms with Crippen molar-refractivity contribution in [2.24, 2.45) is 0 Å². The molecule has 5 nitrogen and oxygen atoms in total. The van der Waals surface area contributed by atoms with Gasteiger partial charge in [0, 0.05) is 35.9 Å². The minimum Gasteiger partial charge on any atom is -0.399 e. The maximum Gasteiger partial charge on any atom is 0.256 e. The summed E-state index contributed by atoms with van der Waals surface area (Å²) < 4.78 is 0. The largest absolute Gasteiger partial charge is 0.399 e. The number of carbonyl (C=O) groups is 1. The third-order valence-electron chi connectivity index (χ3n) is 3.09. The van der Waals surface area contributed by atoms with Crippen molar-refractivity contribution >= 4 is 22.5 Å². The smallest absolute Gasteiger partial charge is 0.256 e. The van der Waals surface area contributed by atoms with Gasteiger partial charge in [-0.3, -0.25) is 4.79 Å². The standard InChI is InChI=1S/C14H19N3O2/c1-2-5-17(6-7-18)14(19)12-9-16-13-8-10(15)3-4-11(12)13/h3-4,8-9,16,18H,2,5-7,15H2,1H3. The monoisotopic (exact) mass is 261 g/mol. The number of aromatic nitrogens is 1. The Labute approximate surface area is 112 Å². The number of carbonyl (C=O) groups excluding carboxylic acids is 1. The highest BCUT2D eigenvalue weighted by molar-refractivity contribution is 6.07. The van der Waals surface area contributed by atoms with E-state index in [1.807, 2.05) is 19.1 Å². The van der Waals surface area contributed by atoms with Crippen LogP contribution in [0.5, 0.6) is 0 Å². The van der Waals surface area contributed by atoms with Gasteiger partial charge in [0.1, 0.15) is 0 Å². The third kappa shape index (κ3) is 2.71. The van der Waals surface area contributed by atoms with Gasteiger partial charge in [0.2, 0.25) is 0 Å². The predicted molar refractivity (Wildman–Crippen MR) is 76.0 cm³/mol. The highest BCUT2D eigenvalue weighted by atomic mass is 16.3. The molecule has 0 bridgehead atoms. The minimum absolute atomic E-state index is 0.0267. The fourth-order valence-corrected chi connectivity index (χ4v) is 2.20. The molecule has 102 valence electrons. The number of anilines is 1. The summed E-state index contributed by atoms with van der Waals surface area (Å²) in [5.41, 5.74) is 7.85. The first-order valence-corrected chi connectivity index (χ1v) is 6.44. The molecule has 19 heavy (non-hydrogen) atoms. The third-order valence-corrected chi connectivity index (χ3v) is 3.09. The second-order valence-corrected chi connectivity index (χ2v) is 4.52. The molecule has 4 N–H and O–H groups in total. The molecule has 0 saturated heterocycles. The first-order chi connectivity index (χ1) is 9.17. The first kappa shape index (κ1) is 13.4. The van der Waals surface area contributed by atoms with Crippen LogP contribution in [0.3, 0.4) is 0 Å². The maximum absolute atomic E-state index is 12.4. The van der Waals surface area contributed by atoms with Gasteiger partial charge in [0.25, 0.3) is 5.91 Å². The molecule has 0 unspecified atom stereocenters. The summed E-state index contributed by atoms with van der Waals surface area (Å²) in [4.78, 5) is 17.2. The van der Waals surface area contributed by atoms with Gasteiger partial charge in [-0.1, -0.05) is 6.92 Å². The summed E-state index contributed by atoms with van der Waals surface area (Å²) in [6.07, 6.45) is 2.56. The lowest BCUT2D eigenvalue weighted by atomic mass is 10.1. The van der Waals surface area contributed by atoms with E-state index >= 15 is 0 Å². The lowest BCUT2D eigenvalue weighted by Crippen LogP contribution is -2.34. The van der Waals surface area contributed by atoms with Crippen LogP contribution in [0.25, 0.3) is 10.9 Å². The molecule has 0 aliphatic rings. The number of aromatic amines is 1. The number of hydrogen-bond donors (Lipinski definition) is 3. The molecule has 1 aromatic carbocycles. The van der Waals surface area contributed by atoms with Crippen molar-refractivity contribution in [1.29, 1.82) is 0 Å². The maximum atomic E-state index is 12.4. The van der Waals surface area contributed by atoms with Crippen molar-refractivity contribution in [3.8, 4) is 0 Å². The van der Waals surface area contributed by atoms with Gasteiger partial charge in [0.05, 0.1) is 12.2 Å². The summed E-state index contributed by atoms with van der Waals surface area (Å²) in [6.45, 7) is 2.98. The minimum atomic E-state index is -0.0630. The van der Waals surface area contributed by atoms with Crippen molar-refractivity contribution in [3.63, 3.8) is 0 Å². The van der Waals surface area contributed by atoms with E-state index < -0.39 is 0 Å². The van der Waals surface area contributed by atoms with Gasteiger partial charge in [-0.25, -0.2) is 0 Å². The second kappa shape index (κ2) is 5.75. The van der Waals surface area contributed by atoms with Crippen LogP contribution in [-0.2, 0) is 0 Å². The Hall–Kier alpha value is -2.01. The molecule has 2 rings (SSSR count). The van der Waals surface area contributed by atoms with Gasteiger partial charge in [-0.2, -0.15) is 0 Å². The highest BCUT2D eigenvalue weighted by Gasteiger charge is 2.18. The van der Waals surface area contributed by atoms with E-state index in [0.717, 1.165) is 17.3 Å². The Morgan fingerprint density at radius 1 is 1.42 bits per heavy atom. The van der Waals surface area contributed by atoms with Crippen molar-refractivity contribution < 1.29 is 9.90 Å². The van der Waals surface area contributed by atoms with Crippen LogP contribution in [0.2, 0.25) is 0 Å². The number of fused-ring (bicyclic) bond motifs is 1. The SMILES string of the molecule is CCCN(CCO)C(=O)c1c[nH]c2cc(N)ccc12. The number of nitrogens with zero attached hydrogens (tertiary/aromatic N) is 1. The lowest BCUT2D eigenvalue weighted by molar-refractivity contribution is 0.0724. The molecule has 0 fully saturated rings. The molecule has 0 radical (unpaired) electrons. The number of H-pyrrole nitrogens is 1. The van der Waals surface area contributed by atoms with E-state index in [1.54, 1.807) is 17.2 Å². The topological polar surface area (TPSA) is 82.3 Å². The fraction of sp³-hybridized carbons (Fsp3) is 0.357. The normalized spacial score (nSPS) is 10.8. The fourth-order valence-electron chi connectivity index (χ4n) is 2.20. The molecule has 5 heteroatoms. The van der Waals surface area contributed by atoms with Crippen LogP contribution in [0.4, 0.5) is 5.69 Å². The summed E-state index contributed by atoms with van der Waals surface area (Å²) in [5.74, 6) is -0.0630. The van der Waals surface area contributed by atoms with E-state index in [1.165, 1.54) is 0 Å². The summed E-state index contributed by atoms with van der Waals surface area (Å²) in [7, 11) is 0. The number of nitrogens with two attached hydrogens (primary N) is 1. The number of benzene rings is 1. The van der Waals surface area contributed by atoms with Gasteiger partial charge in [0.15, 0.2) is 0 Å². The number of amides is 1. The molecule has 0 saturated carbocycles. The molecule has 1 aromatic heterocycles. The van der Waals surface area contributed by atoms with Crippen LogP contribution >= 0.6 is 0 Å². The molecular formula is C14H19N3O2. The Morgan fingerprint density at radius 2 is 2.21 bits per heavy atom. The second-order valence-electron chi connectivity index (χ2n) is 4.52. The molecule has 0 spiro atoms. The molecule has 0 aliphatic heterocycles. The van der Waals surface area contributed by atoms with Gasteiger partial charge in [-0.05, 0) is 24.6 Å². The molecule has 0 aliphatic carbocycles. The molecule has 1 amide bonds. The first-order valence-electron chi connectivity index (χ1n) is 6.44. The zero-order chi connectivity index (χ0) is 13.8. The lowest BCUT2D eigenvalue weighted by Gasteiger charge is -2.20. The molecular weight excluding hydrogens is 242 g/mol. The summed E-state index contributed by atoms with van der Waals surface area (Å²) >= 11 is 0. The van der Waals surface area contributed by atoms with Crippen LogP contribution in [0.1, 0.15) is 23.7 Å². The highest BCUT2D eigenvalue weighted by Crippen LogP contribution is 2.22. The van der Waals surface area contributed by atoms with Gasteiger partial charge >= 0.3 is 0 Å². The molecule has 1 heterocycles. The Balaban J connectivity index is 2.34. The van der Waals surface area contributed by atoms with Crippen molar-refractivity contribution in [1.82, 2.24) is 9.88 Å². The van der Waals surface area contributed by atoms with Crippen molar-refractivity contribution in [2.45, 2.75) is 13.3 Å². The van der Waals surface area contributed by atoms with E-state index in [2.05, 4.69) is 4.98 Å². The zero-order valence-corrected chi connectivity index (χ0v) is 11.0. The van der Waals surface area contributed by atoms with Crippen molar-refractivity contribution in [3.05, 3.63) is 30.0 Å². The predicted octanol–water partition coefficient (Wildman–Crippen LogP) is 1.59. The van der Waals surface area contributed by atoms with Crippen LogP contribution in [-0.4, -0.2) is 40.6 Å². The van der Waals surface area contributed by atoms with E-state index in [-0.39, 0.29) is 12.5 Å². The van der Waals surface area contributed by atoms with E-state index in [4.69, 9.17) is 10.8 Å². The summed E-state index contributed by atoms with van der Waals surface area (Å²) in [6, 6.07) is 5.43. The number of nitrogens with one attached hydrogen (secondary N) is 1. The Morgan fingerprint density at radius 3 is 2.89 bits per heavy atom. The average molecular weight is 261 g/mol. The number of aliphatic hydroxyl groups excluding tert-OH is 1. The van der Waals surface area contributed by atoms with Crippen molar-refractivity contribution in [2.75, 3.05) is 25.4 Å².